The largest absolute Gasteiger partial charge is 0.496 e. The summed E-state index contributed by atoms with van der Waals surface area (Å²) in [6.45, 7) is 0. The molecule has 0 bridgehead atoms. The zero-order chi connectivity index (χ0) is 13.1. The van der Waals surface area contributed by atoms with Crippen molar-refractivity contribution in [1.29, 1.82) is 0 Å². The van der Waals surface area contributed by atoms with Crippen LogP contribution in [0.25, 0.3) is 10.6 Å². The van der Waals surface area contributed by atoms with Crippen LogP contribution in [-0.2, 0) is 0 Å². The number of benzene rings is 1. The maximum absolute atomic E-state index is 5.59. The summed E-state index contributed by atoms with van der Waals surface area (Å²) in [5.74, 6) is 1.84. The maximum atomic E-state index is 5.59. The molecule has 6 nitrogen and oxygen atoms in total. The van der Waals surface area contributed by atoms with E-state index in [1.165, 1.54) is 11.3 Å². The van der Waals surface area contributed by atoms with Gasteiger partial charge in [-0.1, -0.05) is 11.3 Å². The number of nitrogens with two attached hydrogens (primary N) is 1. The van der Waals surface area contributed by atoms with Crippen LogP contribution in [0.5, 0.6) is 17.2 Å². The Morgan fingerprint density at radius 3 is 2.00 bits per heavy atom. The van der Waals surface area contributed by atoms with E-state index in [2.05, 4.69) is 10.2 Å². The normalized spacial score (nSPS) is 10.2. The molecule has 0 saturated heterocycles. The van der Waals surface area contributed by atoms with Gasteiger partial charge in [-0.3, -0.25) is 0 Å². The molecule has 0 aliphatic rings. The molecule has 96 valence electrons. The SMILES string of the molecule is COc1cc(OC)c(-c2nnc(N)s2)c(OC)c1. The summed E-state index contributed by atoms with van der Waals surface area (Å²) in [7, 11) is 4.72. The van der Waals surface area contributed by atoms with Crippen molar-refractivity contribution in [2.24, 2.45) is 0 Å². The average Bonchev–Trinajstić information content (AvgIpc) is 2.83. The number of rotatable bonds is 4. The fraction of sp³-hybridized carbons (Fsp3) is 0.273. The molecule has 2 rings (SSSR count). The van der Waals surface area contributed by atoms with Gasteiger partial charge in [0.05, 0.1) is 26.9 Å². The number of aromatic nitrogens is 2. The van der Waals surface area contributed by atoms with Crippen LogP contribution in [0.1, 0.15) is 0 Å². The lowest BCUT2D eigenvalue weighted by molar-refractivity contribution is 0.377. The predicted octanol–water partition coefficient (Wildman–Crippen LogP) is 1.81. The molecule has 0 saturated carbocycles. The van der Waals surface area contributed by atoms with E-state index in [0.717, 1.165) is 5.56 Å². The molecule has 2 aromatic rings. The highest BCUT2D eigenvalue weighted by molar-refractivity contribution is 7.18. The van der Waals surface area contributed by atoms with Crippen LogP contribution in [0.15, 0.2) is 12.1 Å². The molecule has 1 aromatic heterocycles. The van der Waals surface area contributed by atoms with Crippen LogP contribution >= 0.6 is 11.3 Å². The molecule has 0 atom stereocenters. The molecule has 0 radical (unpaired) electrons. The summed E-state index contributed by atoms with van der Waals surface area (Å²) in [6.07, 6.45) is 0. The van der Waals surface area contributed by atoms with E-state index < -0.39 is 0 Å². The summed E-state index contributed by atoms with van der Waals surface area (Å²) in [4.78, 5) is 0. The Kier molecular flexibility index (Phi) is 3.52. The van der Waals surface area contributed by atoms with E-state index in [9.17, 15) is 0 Å². The van der Waals surface area contributed by atoms with Gasteiger partial charge >= 0.3 is 0 Å². The van der Waals surface area contributed by atoms with E-state index >= 15 is 0 Å². The highest BCUT2D eigenvalue weighted by atomic mass is 32.1. The second-order valence-electron chi connectivity index (χ2n) is 3.35. The third kappa shape index (κ3) is 2.17. The molecule has 2 N–H and O–H groups in total. The van der Waals surface area contributed by atoms with Crippen molar-refractivity contribution in [2.75, 3.05) is 27.1 Å². The van der Waals surface area contributed by atoms with Gasteiger partial charge in [0.25, 0.3) is 0 Å². The van der Waals surface area contributed by atoms with Crippen molar-refractivity contribution < 1.29 is 14.2 Å². The highest BCUT2D eigenvalue weighted by Gasteiger charge is 2.18. The molecule has 0 amide bonds. The molecule has 0 aliphatic heterocycles. The van der Waals surface area contributed by atoms with Gasteiger partial charge in [-0.15, -0.1) is 10.2 Å². The molecule has 1 aromatic carbocycles. The van der Waals surface area contributed by atoms with E-state index in [4.69, 9.17) is 19.9 Å². The van der Waals surface area contributed by atoms with Crippen LogP contribution in [0, 0.1) is 0 Å². The predicted molar refractivity (Wildman–Crippen MR) is 69.4 cm³/mol. The zero-order valence-corrected chi connectivity index (χ0v) is 11.1. The van der Waals surface area contributed by atoms with E-state index in [1.807, 2.05) is 0 Å². The summed E-state index contributed by atoms with van der Waals surface area (Å²) < 4.78 is 15.8. The molecular weight excluding hydrogens is 254 g/mol. The van der Waals surface area contributed by atoms with Gasteiger partial charge in [0.15, 0.2) is 5.01 Å². The van der Waals surface area contributed by atoms with Gasteiger partial charge in [-0.2, -0.15) is 0 Å². The smallest absolute Gasteiger partial charge is 0.203 e. The Morgan fingerprint density at radius 2 is 1.61 bits per heavy atom. The molecular formula is C11H13N3O3S. The van der Waals surface area contributed by atoms with E-state index in [-0.39, 0.29) is 0 Å². The van der Waals surface area contributed by atoms with Gasteiger partial charge in [-0.25, -0.2) is 0 Å². The van der Waals surface area contributed by atoms with Crippen molar-refractivity contribution in [3.63, 3.8) is 0 Å². The minimum Gasteiger partial charge on any atom is -0.496 e. The minimum atomic E-state index is 0.393. The van der Waals surface area contributed by atoms with Crippen molar-refractivity contribution in [3.8, 4) is 27.8 Å². The molecule has 0 fully saturated rings. The second kappa shape index (κ2) is 5.09. The average molecular weight is 267 g/mol. The fourth-order valence-electron chi connectivity index (χ4n) is 1.55. The van der Waals surface area contributed by atoms with Crippen LogP contribution < -0.4 is 19.9 Å². The second-order valence-corrected chi connectivity index (χ2v) is 4.36. The first kappa shape index (κ1) is 12.4. The molecule has 0 spiro atoms. The lowest BCUT2D eigenvalue weighted by atomic mass is 10.1. The third-order valence-electron chi connectivity index (χ3n) is 2.37. The van der Waals surface area contributed by atoms with E-state index in [0.29, 0.717) is 27.4 Å². The minimum absolute atomic E-state index is 0.393. The number of methoxy groups -OCH3 is 3. The van der Waals surface area contributed by atoms with Crippen molar-refractivity contribution in [3.05, 3.63) is 12.1 Å². The van der Waals surface area contributed by atoms with Gasteiger partial charge < -0.3 is 19.9 Å². The molecule has 0 aliphatic carbocycles. The van der Waals surface area contributed by atoms with Gasteiger partial charge in [0.2, 0.25) is 5.13 Å². The maximum Gasteiger partial charge on any atom is 0.203 e. The Hall–Kier alpha value is -2.02. The van der Waals surface area contributed by atoms with Crippen molar-refractivity contribution in [2.45, 2.75) is 0 Å². The topological polar surface area (TPSA) is 79.5 Å². The molecule has 7 heteroatoms. The van der Waals surface area contributed by atoms with Crippen LogP contribution in [0.3, 0.4) is 0 Å². The Morgan fingerprint density at radius 1 is 1.00 bits per heavy atom. The number of ether oxygens (including phenoxy) is 3. The third-order valence-corrected chi connectivity index (χ3v) is 3.14. The summed E-state index contributed by atoms with van der Waals surface area (Å²) in [6, 6.07) is 3.52. The Balaban J connectivity index is 2.63. The van der Waals surface area contributed by atoms with Gasteiger partial charge in [0.1, 0.15) is 17.2 Å². The van der Waals surface area contributed by atoms with Crippen molar-refractivity contribution >= 4 is 16.5 Å². The number of hydrogen-bond acceptors (Lipinski definition) is 7. The van der Waals surface area contributed by atoms with Crippen LogP contribution in [0.2, 0.25) is 0 Å². The first-order valence-corrected chi connectivity index (χ1v) is 5.90. The standard InChI is InChI=1S/C11H13N3O3S/c1-15-6-4-7(16-2)9(8(5-6)17-3)10-13-14-11(12)18-10/h4-5H,1-3H3,(H2,12,14). The number of nitrogen functional groups attached to an aromatic ring is 1. The molecule has 18 heavy (non-hydrogen) atoms. The molecule has 1 heterocycles. The van der Waals surface area contributed by atoms with Gasteiger partial charge in [0, 0.05) is 12.1 Å². The summed E-state index contributed by atoms with van der Waals surface area (Å²) >= 11 is 1.27. The highest BCUT2D eigenvalue weighted by Crippen LogP contribution is 2.42. The first-order chi connectivity index (χ1) is 8.69. The molecule has 0 unspecified atom stereocenters. The summed E-state index contributed by atoms with van der Waals surface area (Å²) in [5, 5.41) is 8.83. The van der Waals surface area contributed by atoms with Crippen LogP contribution in [-0.4, -0.2) is 31.5 Å². The number of hydrogen-bond donors (Lipinski definition) is 1. The number of anilines is 1. The van der Waals surface area contributed by atoms with Crippen molar-refractivity contribution in [1.82, 2.24) is 10.2 Å². The first-order valence-electron chi connectivity index (χ1n) is 5.09. The Labute approximate surface area is 108 Å². The quantitative estimate of drug-likeness (QED) is 0.910. The fourth-order valence-corrected chi connectivity index (χ4v) is 2.22. The van der Waals surface area contributed by atoms with Crippen LogP contribution in [0.4, 0.5) is 5.13 Å². The van der Waals surface area contributed by atoms with E-state index in [1.54, 1.807) is 33.5 Å². The lowest BCUT2D eigenvalue weighted by Crippen LogP contribution is -1.95. The number of nitrogens with zero attached hydrogens (tertiary/aromatic N) is 2. The summed E-state index contributed by atoms with van der Waals surface area (Å²) in [5.41, 5.74) is 6.31. The van der Waals surface area contributed by atoms with Gasteiger partial charge in [-0.05, 0) is 0 Å². The monoisotopic (exact) mass is 267 g/mol. The zero-order valence-electron chi connectivity index (χ0n) is 10.3. The lowest BCUT2D eigenvalue weighted by Gasteiger charge is -2.12. The Bertz CT molecular complexity index is 531.